The molecule has 22 heavy (non-hydrogen) atoms. The highest BCUT2D eigenvalue weighted by atomic mass is 19.1. The van der Waals surface area contributed by atoms with Gasteiger partial charge in [0.1, 0.15) is 11.6 Å². The lowest BCUT2D eigenvalue weighted by atomic mass is 9.84. The number of carbonyl (C=O) groups excluding carboxylic acids is 1. The fourth-order valence-corrected chi connectivity index (χ4v) is 3.03. The summed E-state index contributed by atoms with van der Waals surface area (Å²) in [4.78, 5) is 12.0. The molecule has 0 N–H and O–H groups in total. The molecule has 114 valence electrons. The summed E-state index contributed by atoms with van der Waals surface area (Å²) in [7, 11) is 0. The molecule has 2 aromatic carbocycles. The SMILES string of the molecule is O=C(Oc1ccc(C2CCCCC2)cc1)c1ccccc1F. The zero-order valence-corrected chi connectivity index (χ0v) is 12.4. The van der Waals surface area contributed by atoms with Crippen LogP contribution >= 0.6 is 0 Å². The van der Waals surface area contributed by atoms with Crippen LogP contribution in [0.4, 0.5) is 4.39 Å². The summed E-state index contributed by atoms with van der Waals surface area (Å²) in [5.41, 5.74) is 1.25. The van der Waals surface area contributed by atoms with E-state index < -0.39 is 11.8 Å². The Morgan fingerprint density at radius 2 is 1.64 bits per heavy atom. The number of benzene rings is 2. The topological polar surface area (TPSA) is 26.3 Å². The van der Waals surface area contributed by atoms with Crippen LogP contribution in [0.15, 0.2) is 48.5 Å². The van der Waals surface area contributed by atoms with Crippen LogP contribution in [0.1, 0.15) is 53.9 Å². The van der Waals surface area contributed by atoms with Crippen LogP contribution in [0, 0.1) is 5.82 Å². The maximum Gasteiger partial charge on any atom is 0.346 e. The first-order chi connectivity index (χ1) is 10.7. The maximum atomic E-state index is 13.5. The third kappa shape index (κ3) is 3.35. The molecule has 0 aromatic heterocycles. The lowest BCUT2D eigenvalue weighted by Gasteiger charge is -2.22. The fraction of sp³-hybridized carbons (Fsp3) is 0.316. The molecule has 0 unspecified atom stereocenters. The molecule has 0 saturated heterocycles. The van der Waals surface area contributed by atoms with Crippen LogP contribution in [-0.2, 0) is 0 Å². The number of rotatable bonds is 3. The molecule has 0 amide bonds. The molecule has 1 aliphatic carbocycles. The van der Waals surface area contributed by atoms with Crippen molar-refractivity contribution in [3.63, 3.8) is 0 Å². The van der Waals surface area contributed by atoms with Crippen molar-refractivity contribution in [3.05, 3.63) is 65.5 Å². The minimum absolute atomic E-state index is 0.0427. The van der Waals surface area contributed by atoms with Gasteiger partial charge in [-0.3, -0.25) is 0 Å². The van der Waals surface area contributed by atoms with Crippen LogP contribution in [-0.4, -0.2) is 5.97 Å². The highest BCUT2D eigenvalue weighted by molar-refractivity contribution is 5.91. The van der Waals surface area contributed by atoms with E-state index in [9.17, 15) is 9.18 Å². The molecule has 0 spiro atoms. The number of esters is 1. The highest BCUT2D eigenvalue weighted by Gasteiger charge is 2.16. The maximum absolute atomic E-state index is 13.5. The second kappa shape index (κ2) is 6.73. The van der Waals surface area contributed by atoms with Crippen LogP contribution in [0.5, 0.6) is 5.75 Å². The molecule has 2 aromatic rings. The van der Waals surface area contributed by atoms with Gasteiger partial charge in [0, 0.05) is 0 Å². The van der Waals surface area contributed by atoms with Gasteiger partial charge in [-0.2, -0.15) is 0 Å². The van der Waals surface area contributed by atoms with E-state index in [0.29, 0.717) is 11.7 Å². The largest absolute Gasteiger partial charge is 0.423 e. The summed E-state index contributed by atoms with van der Waals surface area (Å²) in [5, 5.41) is 0. The zero-order chi connectivity index (χ0) is 15.4. The van der Waals surface area contributed by atoms with E-state index in [0.717, 1.165) is 0 Å². The first-order valence-electron chi connectivity index (χ1n) is 7.81. The molecule has 0 radical (unpaired) electrons. The van der Waals surface area contributed by atoms with E-state index in [1.807, 2.05) is 12.1 Å². The molecule has 1 saturated carbocycles. The van der Waals surface area contributed by atoms with Crippen LogP contribution in [0.25, 0.3) is 0 Å². The lowest BCUT2D eigenvalue weighted by Crippen LogP contribution is -2.10. The second-order valence-electron chi connectivity index (χ2n) is 5.77. The summed E-state index contributed by atoms with van der Waals surface area (Å²) in [6, 6.07) is 13.5. The average molecular weight is 298 g/mol. The Morgan fingerprint density at radius 3 is 2.32 bits per heavy atom. The molecule has 0 atom stereocenters. The van der Waals surface area contributed by atoms with Crippen LogP contribution in [0.3, 0.4) is 0 Å². The first-order valence-corrected chi connectivity index (χ1v) is 7.81. The Hall–Kier alpha value is -2.16. The van der Waals surface area contributed by atoms with Crippen molar-refractivity contribution in [2.45, 2.75) is 38.0 Å². The van der Waals surface area contributed by atoms with E-state index in [1.54, 1.807) is 24.3 Å². The number of hydrogen-bond acceptors (Lipinski definition) is 2. The minimum atomic E-state index is -0.663. The molecule has 3 rings (SSSR count). The van der Waals surface area contributed by atoms with E-state index in [1.165, 1.54) is 49.8 Å². The zero-order valence-electron chi connectivity index (χ0n) is 12.4. The molecule has 0 aliphatic heterocycles. The predicted molar refractivity (Wildman–Crippen MR) is 83.6 cm³/mol. The summed E-state index contributed by atoms with van der Waals surface area (Å²) < 4.78 is 18.8. The van der Waals surface area contributed by atoms with Gasteiger partial charge in [0.05, 0.1) is 5.56 Å². The van der Waals surface area contributed by atoms with Gasteiger partial charge in [0.2, 0.25) is 0 Å². The monoisotopic (exact) mass is 298 g/mol. The van der Waals surface area contributed by atoms with E-state index in [-0.39, 0.29) is 5.56 Å². The Morgan fingerprint density at radius 1 is 0.955 bits per heavy atom. The van der Waals surface area contributed by atoms with Gasteiger partial charge in [0.25, 0.3) is 0 Å². The number of halogens is 1. The van der Waals surface area contributed by atoms with Crippen LogP contribution < -0.4 is 4.74 Å². The normalized spacial score (nSPS) is 15.5. The van der Waals surface area contributed by atoms with Crippen molar-refractivity contribution in [3.8, 4) is 5.75 Å². The smallest absolute Gasteiger partial charge is 0.346 e. The van der Waals surface area contributed by atoms with Crippen molar-refractivity contribution in [2.24, 2.45) is 0 Å². The summed E-state index contributed by atoms with van der Waals surface area (Å²) in [5.74, 6) is -0.160. The van der Waals surface area contributed by atoms with Gasteiger partial charge in [0.15, 0.2) is 0 Å². The molecular weight excluding hydrogens is 279 g/mol. The van der Waals surface area contributed by atoms with Gasteiger partial charge in [-0.15, -0.1) is 0 Å². The van der Waals surface area contributed by atoms with Gasteiger partial charge in [-0.05, 0) is 48.6 Å². The van der Waals surface area contributed by atoms with Gasteiger partial charge in [-0.1, -0.05) is 43.5 Å². The van der Waals surface area contributed by atoms with Crippen LogP contribution in [0.2, 0.25) is 0 Å². The predicted octanol–water partition coefficient (Wildman–Crippen LogP) is 5.09. The Kier molecular flexibility index (Phi) is 4.52. The standard InChI is InChI=1S/C19H19FO2/c20-18-9-5-4-8-17(18)19(21)22-16-12-10-15(11-13-16)14-6-2-1-3-7-14/h4-5,8-14H,1-3,6-7H2. The first kappa shape index (κ1) is 14.8. The lowest BCUT2D eigenvalue weighted by molar-refractivity contribution is 0.0730. The van der Waals surface area contributed by atoms with E-state index >= 15 is 0 Å². The number of hydrogen-bond donors (Lipinski definition) is 0. The average Bonchev–Trinajstić information content (AvgIpc) is 2.57. The molecular formula is C19H19FO2. The minimum Gasteiger partial charge on any atom is -0.423 e. The quantitative estimate of drug-likeness (QED) is 0.582. The third-order valence-electron chi connectivity index (χ3n) is 4.26. The number of ether oxygens (including phenoxy) is 1. The van der Waals surface area contributed by atoms with Gasteiger partial charge >= 0.3 is 5.97 Å². The Labute approximate surface area is 129 Å². The molecule has 1 fully saturated rings. The molecule has 0 heterocycles. The molecule has 2 nitrogen and oxygen atoms in total. The van der Waals surface area contributed by atoms with Gasteiger partial charge < -0.3 is 4.74 Å². The third-order valence-corrected chi connectivity index (χ3v) is 4.26. The summed E-state index contributed by atoms with van der Waals surface area (Å²) >= 11 is 0. The second-order valence-corrected chi connectivity index (χ2v) is 5.77. The van der Waals surface area contributed by atoms with Gasteiger partial charge in [-0.25, -0.2) is 9.18 Å². The van der Waals surface area contributed by atoms with Crippen molar-refractivity contribution >= 4 is 5.97 Å². The van der Waals surface area contributed by atoms with Crippen molar-refractivity contribution in [2.75, 3.05) is 0 Å². The number of carbonyl (C=O) groups is 1. The fourth-order valence-electron chi connectivity index (χ4n) is 3.03. The molecule has 1 aliphatic rings. The summed E-state index contributed by atoms with van der Waals surface area (Å²) in [6.07, 6.45) is 6.36. The molecule has 0 bridgehead atoms. The van der Waals surface area contributed by atoms with E-state index in [4.69, 9.17) is 4.74 Å². The van der Waals surface area contributed by atoms with E-state index in [2.05, 4.69) is 0 Å². The van der Waals surface area contributed by atoms with Crippen molar-refractivity contribution < 1.29 is 13.9 Å². The van der Waals surface area contributed by atoms with Crippen molar-refractivity contribution in [1.82, 2.24) is 0 Å². The summed E-state index contributed by atoms with van der Waals surface area (Å²) in [6.45, 7) is 0. The Bertz CT molecular complexity index is 643. The van der Waals surface area contributed by atoms with Crippen molar-refractivity contribution in [1.29, 1.82) is 0 Å². The highest BCUT2D eigenvalue weighted by Crippen LogP contribution is 2.33. The molecule has 3 heteroatoms. The Balaban J connectivity index is 1.68.